The molecule has 2 amide bonds. The van der Waals surface area contributed by atoms with Crippen molar-refractivity contribution in [3.05, 3.63) is 58.6 Å². The lowest BCUT2D eigenvalue weighted by molar-refractivity contribution is -0.662. The Bertz CT molecular complexity index is 1460. The van der Waals surface area contributed by atoms with E-state index in [1.54, 1.807) is 5.38 Å². The lowest BCUT2D eigenvalue weighted by Gasteiger charge is -2.50. The molecule has 3 aromatic rings. The highest BCUT2D eigenvalue weighted by atomic mass is 32.2. The molecule has 186 valence electrons. The minimum Gasteiger partial charge on any atom is -0.543 e. The Morgan fingerprint density at radius 3 is 2.92 bits per heavy atom. The number of amides is 2. The first-order valence-electron chi connectivity index (χ1n) is 10.8. The van der Waals surface area contributed by atoms with E-state index < -0.39 is 29.2 Å². The van der Waals surface area contributed by atoms with Gasteiger partial charge in [0.1, 0.15) is 43.2 Å². The number of oxime groups is 1. The van der Waals surface area contributed by atoms with Crippen molar-refractivity contribution in [1.82, 2.24) is 19.6 Å². The van der Waals surface area contributed by atoms with E-state index in [2.05, 4.69) is 15.5 Å². The third-order valence-electron chi connectivity index (χ3n) is 5.92. The number of aliphatic carboxylic acids is 1. The van der Waals surface area contributed by atoms with Crippen molar-refractivity contribution in [2.45, 2.75) is 24.9 Å². The molecule has 3 aromatic heterocycles. The third kappa shape index (κ3) is 3.97. The number of fused-ring (bicyclic) bond motifs is 2. The smallest absolute Gasteiger partial charge is 0.289 e. The summed E-state index contributed by atoms with van der Waals surface area (Å²) in [4.78, 5) is 48.0. The number of rotatable bonds is 7. The number of thiazole rings is 1. The second kappa shape index (κ2) is 9.28. The van der Waals surface area contributed by atoms with Crippen LogP contribution in [0.3, 0.4) is 0 Å². The largest absolute Gasteiger partial charge is 0.543 e. The van der Waals surface area contributed by atoms with Crippen LogP contribution in [0.4, 0.5) is 5.13 Å². The van der Waals surface area contributed by atoms with Gasteiger partial charge in [-0.3, -0.25) is 14.5 Å². The molecule has 1 saturated heterocycles. The number of hydrogen-bond acceptors (Lipinski definition) is 10. The topological polar surface area (TPSA) is 158 Å². The maximum Gasteiger partial charge on any atom is 0.289 e. The zero-order chi connectivity index (χ0) is 25.6. The number of β-lactam (4-membered cyclic amide) rings is 1. The third-order valence-corrected chi connectivity index (χ3v) is 7.93. The van der Waals surface area contributed by atoms with Crippen molar-refractivity contribution >= 4 is 57.4 Å². The van der Waals surface area contributed by atoms with Crippen molar-refractivity contribution in [2.75, 3.05) is 18.6 Å². The maximum absolute atomic E-state index is 13.0. The molecule has 1 fully saturated rings. The average Bonchev–Trinajstić information content (AvgIpc) is 3.47. The minimum atomic E-state index is -1.44. The first-order chi connectivity index (χ1) is 17.3. The van der Waals surface area contributed by atoms with Gasteiger partial charge in [0.15, 0.2) is 10.8 Å². The van der Waals surface area contributed by atoms with Gasteiger partial charge in [0.05, 0.1) is 17.9 Å². The summed E-state index contributed by atoms with van der Waals surface area (Å²) in [7, 11) is 1.28. The predicted molar refractivity (Wildman–Crippen MR) is 129 cm³/mol. The second-order valence-corrected chi connectivity index (χ2v) is 10.1. The Hall–Kier alpha value is -3.91. The van der Waals surface area contributed by atoms with E-state index in [1.165, 1.54) is 23.8 Å². The lowest BCUT2D eigenvalue weighted by Crippen LogP contribution is -2.71. The van der Waals surface area contributed by atoms with Crippen LogP contribution >= 0.6 is 23.1 Å². The van der Waals surface area contributed by atoms with Crippen LogP contribution in [0.5, 0.6) is 0 Å². The molecular formula is C22H21N7O5S2. The van der Waals surface area contributed by atoms with Gasteiger partial charge >= 0.3 is 0 Å². The Kier molecular flexibility index (Phi) is 6.14. The number of nitrogens with two attached hydrogens (primary N) is 1. The standard InChI is InChI=1S/C22H21N7O5S2/c1-11-4-3-5-27-6-7-28(18(11)27)8-12-9-35-20-15(19(31)29(20)16(12)21(32)33)25-17(30)14(26-34-2)13-10-36-22(23)24-13/h3-7,10,15,20H,8-9H2,1-2H3,(H3-,23,24,25,30,32,33)/b26-14-/t15-,20-/m1/s1. The Balaban J connectivity index is 1.38. The summed E-state index contributed by atoms with van der Waals surface area (Å²) in [6.07, 6.45) is 5.66. The number of carboxylic acid groups (broad SMARTS) is 1. The first-order valence-corrected chi connectivity index (χ1v) is 12.7. The summed E-state index contributed by atoms with van der Waals surface area (Å²) in [5.74, 6) is -2.32. The number of hydrogen-bond donors (Lipinski definition) is 2. The van der Waals surface area contributed by atoms with Gasteiger partial charge in [-0.15, -0.1) is 23.1 Å². The molecule has 2 aliphatic heterocycles. The first kappa shape index (κ1) is 23.8. The number of nitrogens with one attached hydrogen (secondary N) is 1. The van der Waals surface area contributed by atoms with Gasteiger partial charge in [-0.2, -0.15) is 0 Å². The van der Waals surface area contributed by atoms with Crippen LogP contribution in [0, 0.1) is 6.92 Å². The predicted octanol–water partition coefficient (Wildman–Crippen LogP) is -0.971. The molecule has 12 nitrogen and oxygen atoms in total. The highest BCUT2D eigenvalue weighted by Gasteiger charge is 2.53. The van der Waals surface area contributed by atoms with E-state index in [1.807, 2.05) is 46.6 Å². The number of carbonyl (C=O) groups is 3. The summed E-state index contributed by atoms with van der Waals surface area (Å²) < 4.78 is 3.88. The van der Waals surface area contributed by atoms with E-state index >= 15 is 0 Å². The molecule has 0 bridgehead atoms. The molecule has 0 aliphatic carbocycles. The molecule has 3 N–H and O–H groups in total. The number of anilines is 1. The Morgan fingerprint density at radius 2 is 2.22 bits per heavy atom. The summed E-state index contributed by atoms with van der Waals surface area (Å²) in [5.41, 5.74) is 8.06. The molecule has 0 spiro atoms. The van der Waals surface area contributed by atoms with Crippen molar-refractivity contribution in [3.63, 3.8) is 0 Å². The normalized spacial score (nSPS) is 19.8. The van der Waals surface area contributed by atoms with Crippen LogP contribution in [0.1, 0.15) is 11.3 Å². The quantitative estimate of drug-likeness (QED) is 0.172. The molecule has 36 heavy (non-hydrogen) atoms. The van der Waals surface area contributed by atoms with Crippen molar-refractivity contribution in [3.8, 4) is 0 Å². The molecular weight excluding hydrogens is 506 g/mol. The van der Waals surface area contributed by atoms with Gasteiger partial charge in [0.25, 0.3) is 17.5 Å². The number of pyridine rings is 1. The second-order valence-electron chi connectivity index (χ2n) is 8.14. The van der Waals surface area contributed by atoms with Crippen LogP contribution in [0.15, 0.2) is 52.5 Å². The minimum absolute atomic E-state index is 0.138. The van der Waals surface area contributed by atoms with Gasteiger partial charge in [0, 0.05) is 22.3 Å². The number of aryl methyl sites for hydroxylation is 1. The molecule has 0 radical (unpaired) electrons. The van der Waals surface area contributed by atoms with E-state index in [-0.39, 0.29) is 28.8 Å². The summed E-state index contributed by atoms with van der Waals surface area (Å²) >= 11 is 2.50. The number of thioether (sulfide) groups is 1. The van der Waals surface area contributed by atoms with Crippen LogP contribution in [0.2, 0.25) is 0 Å². The van der Waals surface area contributed by atoms with Crippen LogP contribution in [-0.2, 0) is 25.8 Å². The number of imidazole rings is 1. The maximum atomic E-state index is 13.0. The highest BCUT2D eigenvalue weighted by molar-refractivity contribution is 8.00. The Morgan fingerprint density at radius 1 is 1.42 bits per heavy atom. The van der Waals surface area contributed by atoms with Gasteiger partial charge in [-0.05, 0) is 19.1 Å². The molecule has 14 heteroatoms. The monoisotopic (exact) mass is 527 g/mol. The number of nitrogens with zero attached hydrogens (tertiary/aromatic N) is 5. The Labute approximate surface area is 213 Å². The number of aromatic nitrogens is 3. The zero-order valence-corrected chi connectivity index (χ0v) is 20.8. The van der Waals surface area contributed by atoms with Gasteiger partial charge in [-0.1, -0.05) is 5.16 Å². The molecule has 5 rings (SSSR count). The number of nitrogen functional groups attached to an aromatic ring is 1. The van der Waals surface area contributed by atoms with Crippen LogP contribution < -0.4 is 20.7 Å². The lowest BCUT2D eigenvalue weighted by atomic mass is 10.0. The molecule has 5 heterocycles. The number of carbonyl (C=O) groups excluding carboxylic acids is 3. The molecule has 0 saturated carbocycles. The SMILES string of the molecule is CO/N=C(\C(=O)N[C@@H]1C(=O)N2C(C(=O)[O-])=C(C[n+]3ccn4cccc(C)c43)CS[C@H]12)c1csc(N)n1. The molecule has 2 aliphatic rings. The van der Waals surface area contributed by atoms with E-state index in [9.17, 15) is 19.5 Å². The zero-order valence-electron chi connectivity index (χ0n) is 19.2. The van der Waals surface area contributed by atoms with Gasteiger partial charge < -0.3 is 25.8 Å². The van der Waals surface area contributed by atoms with E-state index in [4.69, 9.17) is 10.6 Å². The van der Waals surface area contributed by atoms with E-state index in [0.717, 1.165) is 22.5 Å². The van der Waals surface area contributed by atoms with Crippen molar-refractivity contribution in [1.29, 1.82) is 0 Å². The van der Waals surface area contributed by atoms with Crippen LogP contribution in [0.25, 0.3) is 5.65 Å². The average molecular weight is 528 g/mol. The fourth-order valence-corrected chi connectivity index (χ4v) is 6.26. The van der Waals surface area contributed by atoms with Crippen molar-refractivity contribution < 1.29 is 28.9 Å². The highest BCUT2D eigenvalue weighted by Crippen LogP contribution is 2.40. The van der Waals surface area contributed by atoms with Gasteiger partial charge in [0.2, 0.25) is 0 Å². The summed E-state index contributed by atoms with van der Waals surface area (Å²) in [6.45, 7) is 2.25. The fourth-order valence-electron chi connectivity index (χ4n) is 4.38. The fraction of sp³-hybridized carbons (Fsp3) is 0.273. The van der Waals surface area contributed by atoms with Crippen LogP contribution in [-0.4, -0.2) is 62.1 Å². The van der Waals surface area contributed by atoms with E-state index in [0.29, 0.717) is 11.3 Å². The molecule has 2 atom stereocenters. The summed E-state index contributed by atoms with van der Waals surface area (Å²) in [5, 5.41) is 19.7. The molecule has 0 unspecified atom stereocenters. The van der Waals surface area contributed by atoms with Gasteiger partial charge in [-0.25, -0.2) is 14.0 Å². The number of carboxylic acids is 1. The van der Waals surface area contributed by atoms with Crippen molar-refractivity contribution in [2.24, 2.45) is 5.16 Å². The summed E-state index contributed by atoms with van der Waals surface area (Å²) in [6, 6.07) is 2.96. The molecule has 0 aromatic carbocycles.